The summed E-state index contributed by atoms with van der Waals surface area (Å²) in [6.45, 7) is 10.5. The molecular weight excluding hydrogens is 352 g/mol. The Morgan fingerprint density at radius 2 is 1.78 bits per heavy atom. The van der Waals surface area contributed by atoms with Gasteiger partial charge in [0.15, 0.2) is 5.78 Å². The Morgan fingerprint density at radius 3 is 2.37 bits per heavy atom. The lowest BCUT2D eigenvalue weighted by Gasteiger charge is -2.36. The summed E-state index contributed by atoms with van der Waals surface area (Å²) in [6.07, 6.45) is 9.30. The van der Waals surface area contributed by atoms with Crippen molar-refractivity contribution in [1.82, 2.24) is 0 Å². The molecule has 0 saturated heterocycles. The lowest BCUT2D eigenvalue weighted by Crippen LogP contribution is -2.27. The Morgan fingerprint density at radius 1 is 1.15 bits per heavy atom. The molecule has 2 aromatic rings. The van der Waals surface area contributed by atoms with Crippen LogP contribution in [0.15, 0.2) is 18.2 Å². The molecule has 3 heteroatoms. The number of thiophene rings is 1. The second-order valence-corrected chi connectivity index (χ2v) is 9.25. The summed E-state index contributed by atoms with van der Waals surface area (Å²) in [6, 6.07) is 3.83. The number of carbonyl (C=O) groups is 1. The molecule has 1 aliphatic rings. The maximum atomic E-state index is 12.9. The standard InChI is InChI=1S/C24H30O2S/c1-6-24(7-2)11-10-19-20(14-24)17(5)27-23(19)21(25)9-8-18-12-15(3)22(26)16(4)13-18/h8-9,12-13,26H,6-7,10-11,14H2,1-5H3/b9-8+. The quantitative estimate of drug-likeness (QED) is 0.469. The van der Waals surface area contributed by atoms with E-state index >= 15 is 0 Å². The van der Waals surface area contributed by atoms with Gasteiger partial charge in [0.2, 0.25) is 0 Å². The van der Waals surface area contributed by atoms with Gasteiger partial charge in [-0.05, 0) is 91.5 Å². The van der Waals surface area contributed by atoms with Gasteiger partial charge >= 0.3 is 0 Å². The first-order valence-electron chi connectivity index (χ1n) is 9.94. The first-order valence-corrected chi connectivity index (χ1v) is 10.8. The Kier molecular flexibility index (Phi) is 5.62. The molecule has 3 rings (SSSR count). The van der Waals surface area contributed by atoms with E-state index in [1.54, 1.807) is 17.4 Å². The minimum Gasteiger partial charge on any atom is -0.507 e. The molecule has 1 aromatic heterocycles. The first-order chi connectivity index (χ1) is 12.8. The van der Waals surface area contributed by atoms with E-state index in [-0.39, 0.29) is 5.78 Å². The smallest absolute Gasteiger partial charge is 0.196 e. The van der Waals surface area contributed by atoms with Crippen LogP contribution < -0.4 is 0 Å². The molecule has 0 spiro atoms. The molecule has 0 radical (unpaired) electrons. The summed E-state index contributed by atoms with van der Waals surface area (Å²) in [7, 11) is 0. The Labute approximate surface area is 166 Å². The van der Waals surface area contributed by atoms with E-state index < -0.39 is 0 Å². The van der Waals surface area contributed by atoms with Crippen LogP contribution in [-0.4, -0.2) is 10.9 Å². The second-order valence-electron chi connectivity index (χ2n) is 8.03. The van der Waals surface area contributed by atoms with Crippen LogP contribution in [0.1, 0.15) is 75.5 Å². The van der Waals surface area contributed by atoms with Gasteiger partial charge in [-0.1, -0.05) is 32.8 Å². The highest BCUT2D eigenvalue weighted by Gasteiger charge is 2.34. The van der Waals surface area contributed by atoms with E-state index in [1.807, 2.05) is 32.1 Å². The summed E-state index contributed by atoms with van der Waals surface area (Å²) >= 11 is 1.66. The zero-order valence-corrected chi connectivity index (χ0v) is 17.9. The normalized spacial score (nSPS) is 15.9. The van der Waals surface area contributed by atoms with Crippen molar-refractivity contribution in [2.45, 2.75) is 66.7 Å². The molecule has 1 aromatic carbocycles. The molecule has 2 nitrogen and oxygen atoms in total. The fourth-order valence-corrected chi connectivity index (χ4v) is 5.50. The largest absolute Gasteiger partial charge is 0.507 e. The number of hydrogen-bond donors (Lipinski definition) is 1. The Bertz CT molecular complexity index is 874. The fraction of sp³-hybridized carbons (Fsp3) is 0.458. The average Bonchev–Trinajstić information content (AvgIpc) is 2.99. The molecule has 1 aliphatic carbocycles. The van der Waals surface area contributed by atoms with Gasteiger partial charge in [0.05, 0.1) is 4.88 Å². The molecule has 0 amide bonds. The third-order valence-electron chi connectivity index (χ3n) is 6.44. The highest BCUT2D eigenvalue weighted by Crippen LogP contribution is 2.45. The third-order valence-corrected chi connectivity index (χ3v) is 7.64. The van der Waals surface area contributed by atoms with Gasteiger partial charge in [0.1, 0.15) is 5.75 Å². The number of aryl methyl sites for hydroxylation is 3. The molecule has 0 bridgehead atoms. The van der Waals surface area contributed by atoms with Gasteiger partial charge in [-0.15, -0.1) is 11.3 Å². The SMILES string of the molecule is CCC1(CC)CCc2c(C(=O)/C=C/c3cc(C)c(O)c(C)c3)sc(C)c2C1. The first kappa shape index (κ1) is 19.9. The zero-order valence-electron chi connectivity index (χ0n) is 17.1. The van der Waals surface area contributed by atoms with Crippen LogP contribution in [0.4, 0.5) is 0 Å². The lowest BCUT2D eigenvalue weighted by atomic mass is 9.68. The van der Waals surface area contributed by atoms with Gasteiger partial charge in [0.25, 0.3) is 0 Å². The summed E-state index contributed by atoms with van der Waals surface area (Å²) in [5.41, 5.74) is 5.76. The number of phenols is 1. The van der Waals surface area contributed by atoms with Crippen molar-refractivity contribution in [1.29, 1.82) is 0 Å². The molecule has 0 atom stereocenters. The van der Waals surface area contributed by atoms with Crippen molar-refractivity contribution in [3.63, 3.8) is 0 Å². The molecule has 0 unspecified atom stereocenters. The van der Waals surface area contributed by atoms with E-state index in [9.17, 15) is 9.90 Å². The number of hydrogen-bond acceptors (Lipinski definition) is 3. The third kappa shape index (κ3) is 3.75. The van der Waals surface area contributed by atoms with Crippen LogP contribution in [0.5, 0.6) is 5.75 Å². The fourth-order valence-electron chi connectivity index (χ4n) is 4.36. The van der Waals surface area contributed by atoms with Crippen LogP contribution in [-0.2, 0) is 12.8 Å². The topological polar surface area (TPSA) is 37.3 Å². The monoisotopic (exact) mass is 382 g/mol. The highest BCUT2D eigenvalue weighted by atomic mass is 32.1. The number of benzene rings is 1. The molecule has 0 saturated carbocycles. The number of allylic oxidation sites excluding steroid dienone is 1. The number of aromatic hydroxyl groups is 1. The predicted molar refractivity (Wildman–Crippen MR) is 115 cm³/mol. The summed E-state index contributed by atoms with van der Waals surface area (Å²) < 4.78 is 0. The van der Waals surface area contributed by atoms with Crippen molar-refractivity contribution < 1.29 is 9.90 Å². The van der Waals surface area contributed by atoms with Gasteiger partial charge in [-0.3, -0.25) is 4.79 Å². The Hall–Kier alpha value is -1.87. The van der Waals surface area contributed by atoms with Crippen molar-refractivity contribution in [3.05, 3.63) is 55.8 Å². The van der Waals surface area contributed by atoms with Gasteiger partial charge in [-0.25, -0.2) is 0 Å². The summed E-state index contributed by atoms with van der Waals surface area (Å²) in [5, 5.41) is 9.91. The summed E-state index contributed by atoms with van der Waals surface area (Å²) in [5.74, 6) is 0.435. The highest BCUT2D eigenvalue weighted by molar-refractivity contribution is 7.14. The molecular formula is C24H30O2S. The molecule has 27 heavy (non-hydrogen) atoms. The van der Waals surface area contributed by atoms with Crippen molar-refractivity contribution >= 4 is 23.2 Å². The van der Waals surface area contributed by atoms with Crippen molar-refractivity contribution in [2.24, 2.45) is 5.41 Å². The second kappa shape index (κ2) is 7.63. The average molecular weight is 383 g/mol. The van der Waals surface area contributed by atoms with E-state index in [0.29, 0.717) is 11.2 Å². The van der Waals surface area contributed by atoms with E-state index in [4.69, 9.17) is 0 Å². The zero-order chi connectivity index (χ0) is 19.8. The number of fused-ring (bicyclic) bond motifs is 1. The summed E-state index contributed by atoms with van der Waals surface area (Å²) in [4.78, 5) is 15.1. The molecule has 1 heterocycles. The van der Waals surface area contributed by atoms with Crippen LogP contribution in [0.2, 0.25) is 0 Å². The molecule has 1 N–H and O–H groups in total. The number of phenolic OH excluding ortho intramolecular Hbond substituents is 1. The van der Waals surface area contributed by atoms with Crippen LogP contribution >= 0.6 is 11.3 Å². The minimum absolute atomic E-state index is 0.105. The number of rotatable bonds is 5. The van der Waals surface area contributed by atoms with Crippen LogP contribution in [0.25, 0.3) is 6.08 Å². The van der Waals surface area contributed by atoms with E-state index in [2.05, 4.69) is 20.8 Å². The van der Waals surface area contributed by atoms with Crippen molar-refractivity contribution in [2.75, 3.05) is 0 Å². The predicted octanol–water partition coefficient (Wildman–Crippen LogP) is 6.57. The van der Waals surface area contributed by atoms with E-state index in [1.165, 1.54) is 35.3 Å². The minimum atomic E-state index is 0.105. The maximum absolute atomic E-state index is 12.9. The molecule has 144 valence electrons. The Balaban J connectivity index is 1.87. The van der Waals surface area contributed by atoms with Crippen LogP contribution in [0, 0.1) is 26.2 Å². The van der Waals surface area contributed by atoms with Crippen LogP contribution in [0.3, 0.4) is 0 Å². The molecule has 0 aliphatic heterocycles. The van der Waals surface area contributed by atoms with Gasteiger partial charge in [0, 0.05) is 4.88 Å². The lowest BCUT2D eigenvalue weighted by molar-refractivity contribution is 0.104. The van der Waals surface area contributed by atoms with Gasteiger partial charge < -0.3 is 5.11 Å². The van der Waals surface area contributed by atoms with E-state index in [0.717, 1.165) is 34.4 Å². The number of ketones is 1. The maximum Gasteiger partial charge on any atom is 0.196 e. The molecule has 0 fully saturated rings. The number of carbonyl (C=O) groups excluding carboxylic acids is 1. The van der Waals surface area contributed by atoms with Gasteiger partial charge in [-0.2, -0.15) is 0 Å². The van der Waals surface area contributed by atoms with Crippen molar-refractivity contribution in [3.8, 4) is 5.75 Å².